The number of hydrogen-bond donors (Lipinski definition) is 2. The Morgan fingerprint density at radius 1 is 1.50 bits per heavy atom. The highest BCUT2D eigenvalue weighted by Crippen LogP contribution is 2.15. The fourth-order valence-electron chi connectivity index (χ4n) is 1.42. The molecule has 2 heterocycles. The van der Waals surface area contributed by atoms with E-state index in [-0.39, 0.29) is 23.1 Å². The molecule has 108 valence electrons. The number of aryl methyl sites for hydroxylation is 1. The molecule has 0 aliphatic rings. The molecule has 0 unspecified atom stereocenters. The van der Waals surface area contributed by atoms with E-state index in [0.29, 0.717) is 11.6 Å². The summed E-state index contributed by atoms with van der Waals surface area (Å²) in [5.74, 6) is 0.555. The van der Waals surface area contributed by atoms with E-state index in [4.69, 9.17) is 4.52 Å². The second-order valence-electron chi connectivity index (χ2n) is 3.95. The van der Waals surface area contributed by atoms with Crippen molar-refractivity contribution in [2.45, 2.75) is 17.6 Å². The molecular weight excluding hydrogens is 302 g/mol. The maximum Gasteiger partial charge on any atom is 0.250 e. The van der Waals surface area contributed by atoms with Gasteiger partial charge >= 0.3 is 0 Å². The summed E-state index contributed by atoms with van der Waals surface area (Å²) in [5.41, 5.74) is 0. The van der Waals surface area contributed by atoms with Crippen LogP contribution in [0.3, 0.4) is 0 Å². The smallest absolute Gasteiger partial charge is 0.250 e. The first-order valence-corrected chi connectivity index (χ1v) is 8.10. The van der Waals surface area contributed by atoms with Gasteiger partial charge in [0.2, 0.25) is 15.9 Å². The van der Waals surface area contributed by atoms with Gasteiger partial charge in [0.05, 0.1) is 0 Å². The average Bonchev–Trinajstić information content (AvgIpc) is 3.00. The molecule has 9 heteroatoms. The second kappa shape index (κ2) is 6.16. The van der Waals surface area contributed by atoms with Crippen molar-refractivity contribution in [3.8, 4) is 0 Å². The van der Waals surface area contributed by atoms with Gasteiger partial charge in [-0.1, -0.05) is 11.2 Å². The first-order valence-electron chi connectivity index (χ1n) is 5.74. The van der Waals surface area contributed by atoms with Crippen molar-refractivity contribution in [3.05, 3.63) is 29.3 Å². The van der Waals surface area contributed by atoms with E-state index in [1.807, 2.05) is 0 Å². The molecule has 2 aromatic rings. The summed E-state index contributed by atoms with van der Waals surface area (Å²) in [7, 11) is -3.53. The molecule has 7 nitrogen and oxygen atoms in total. The van der Waals surface area contributed by atoms with Gasteiger partial charge in [0.1, 0.15) is 9.97 Å². The maximum atomic E-state index is 11.8. The number of anilines is 1. The van der Waals surface area contributed by atoms with E-state index < -0.39 is 10.0 Å². The third-order valence-corrected chi connectivity index (χ3v) is 5.16. The Morgan fingerprint density at radius 2 is 2.30 bits per heavy atom. The van der Waals surface area contributed by atoms with E-state index in [2.05, 4.69) is 15.2 Å². The molecule has 20 heavy (non-hydrogen) atoms. The molecule has 1 amide bonds. The van der Waals surface area contributed by atoms with Gasteiger partial charge in [-0.2, -0.15) is 0 Å². The van der Waals surface area contributed by atoms with Gasteiger partial charge in [-0.15, -0.1) is 11.3 Å². The largest absolute Gasteiger partial charge is 0.360 e. The Hall–Kier alpha value is -1.71. The highest BCUT2D eigenvalue weighted by atomic mass is 32.2. The van der Waals surface area contributed by atoms with Crippen LogP contribution in [0.2, 0.25) is 0 Å². The minimum Gasteiger partial charge on any atom is -0.360 e. The van der Waals surface area contributed by atoms with Gasteiger partial charge < -0.3 is 9.84 Å². The van der Waals surface area contributed by atoms with Crippen LogP contribution in [0.5, 0.6) is 0 Å². The zero-order chi connectivity index (χ0) is 14.6. The molecule has 0 aliphatic carbocycles. The molecule has 0 fully saturated rings. The number of nitrogens with one attached hydrogen (secondary N) is 2. The van der Waals surface area contributed by atoms with Crippen molar-refractivity contribution < 1.29 is 17.7 Å². The van der Waals surface area contributed by atoms with Crippen molar-refractivity contribution in [2.24, 2.45) is 0 Å². The summed E-state index contributed by atoms with van der Waals surface area (Å²) < 4.78 is 30.9. The van der Waals surface area contributed by atoms with Gasteiger partial charge in [-0.25, -0.2) is 13.1 Å². The number of rotatable bonds is 6. The zero-order valence-corrected chi connectivity index (χ0v) is 12.3. The summed E-state index contributed by atoms with van der Waals surface area (Å²) >= 11 is 1.12. The van der Waals surface area contributed by atoms with Crippen molar-refractivity contribution in [3.63, 3.8) is 0 Å². The number of amides is 1. The van der Waals surface area contributed by atoms with Crippen molar-refractivity contribution in [1.29, 1.82) is 0 Å². The van der Waals surface area contributed by atoms with Gasteiger partial charge in [0.15, 0.2) is 5.82 Å². The summed E-state index contributed by atoms with van der Waals surface area (Å²) in [6, 6.07) is 4.73. The molecule has 0 bridgehead atoms. The topological polar surface area (TPSA) is 101 Å². The van der Waals surface area contributed by atoms with Crippen LogP contribution in [0, 0.1) is 6.92 Å². The summed E-state index contributed by atoms with van der Waals surface area (Å²) in [6.45, 7) is 1.72. The Bertz CT molecular complexity index is 676. The predicted octanol–water partition coefficient (Wildman–Crippen LogP) is 1.35. The van der Waals surface area contributed by atoms with Crippen molar-refractivity contribution >= 4 is 33.1 Å². The Kier molecular flexibility index (Phi) is 4.53. The Labute approximate surface area is 120 Å². The third kappa shape index (κ3) is 3.89. The number of hydrogen-bond acceptors (Lipinski definition) is 6. The maximum absolute atomic E-state index is 11.8. The molecule has 0 saturated carbocycles. The van der Waals surface area contributed by atoms with Crippen LogP contribution >= 0.6 is 11.3 Å². The van der Waals surface area contributed by atoms with Crippen LogP contribution in [-0.4, -0.2) is 26.0 Å². The molecule has 2 N–H and O–H groups in total. The highest BCUT2D eigenvalue weighted by molar-refractivity contribution is 7.91. The van der Waals surface area contributed by atoms with E-state index >= 15 is 0 Å². The van der Waals surface area contributed by atoms with Gasteiger partial charge in [0.25, 0.3) is 0 Å². The average molecular weight is 315 g/mol. The van der Waals surface area contributed by atoms with Crippen LogP contribution in [0.25, 0.3) is 0 Å². The van der Waals surface area contributed by atoms with Crippen LogP contribution < -0.4 is 10.0 Å². The lowest BCUT2D eigenvalue weighted by Gasteiger charge is -2.04. The summed E-state index contributed by atoms with van der Waals surface area (Å²) in [4.78, 5) is 11.6. The standard InChI is InChI=1S/C11H13N3O4S2/c1-8-7-9(14-18-8)13-10(15)4-5-12-20(16,17)11-3-2-6-19-11/h2-3,6-7,12H,4-5H2,1H3,(H,13,14,15). The van der Waals surface area contributed by atoms with Crippen LogP contribution in [0.1, 0.15) is 12.2 Å². The highest BCUT2D eigenvalue weighted by Gasteiger charge is 2.15. The lowest BCUT2D eigenvalue weighted by atomic mass is 10.4. The third-order valence-electron chi connectivity index (χ3n) is 2.30. The normalized spacial score (nSPS) is 11.4. The second-order valence-corrected chi connectivity index (χ2v) is 6.89. The first-order chi connectivity index (χ1) is 9.47. The predicted molar refractivity (Wildman–Crippen MR) is 74.0 cm³/mol. The number of aromatic nitrogens is 1. The molecule has 0 aliphatic heterocycles. The molecule has 0 radical (unpaired) electrons. The lowest BCUT2D eigenvalue weighted by molar-refractivity contribution is -0.116. The van der Waals surface area contributed by atoms with Crippen LogP contribution in [-0.2, 0) is 14.8 Å². The molecular formula is C11H13N3O4S2. The number of carbonyl (C=O) groups excluding carboxylic acids is 1. The van der Waals surface area contributed by atoms with Crippen molar-refractivity contribution in [2.75, 3.05) is 11.9 Å². The van der Waals surface area contributed by atoms with Crippen LogP contribution in [0.4, 0.5) is 5.82 Å². The first kappa shape index (κ1) is 14.7. The Morgan fingerprint density at radius 3 is 2.90 bits per heavy atom. The number of nitrogens with zero attached hydrogens (tertiary/aromatic N) is 1. The van der Waals surface area contributed by atoms with E-state index in [9.17, 15) is 13.2 Å². The quantitative estimate of drug-likeness (QED) is 0.838. The van der Waals surface area contributed by atoms with Gasteiger partial charge in [-0.3, -0.25) is 4.79 Å². The number of sulfonamides is 1. The fourth-order valence-corrected chi connectivity index (χ4v) is 3.49. The molecule has 2 aromatic heterocycles. The van der Waals surface area contributed by atoms with E-state index in [1.54, 1.807) is 24.4 Å². The molecule has 0 saturated heterocycles. The summed E-state index contributed by atoms with van der Waals surface area (Å²) in [5, 5.41) is 7.79. The van der Waals surface area contributed by atoms with Gasteiger partial charge in [-0.05, 0) is 18.4 Å². The zero-order valence-electron chi connectivity index (χ0n) is 10.6. The Balaban J connectivity index is 1.80. The van der Waals surface area contributed by atoms with Crippen LogP contribution in [0.15, 0.2) is 32.3 Å². The fraction of sp³-hybridized carbons (Fsp3) is 0.273. The number of thiophene rings is 1. The molecule has 0 aromatic carbocycles. The van der Waals surface area contributed by atoms with E-state index in [0.717, 1.165) is 11.3 Å². The monoisotopic (exact) mass is 315 g/mol. The minimum absolute atomic E-state index is 0.0104. The molecule has 0 atom stereocenters. The van der Waals surface area contributed by atoms with E-state index in [1.165, 1.54) is 6.07 Å². The molecule has 2 rings (SSSR count). The number of carbonyl (C=O) groups is 1. The lowest BCUT2D eigenvalue weighted by Crippen LogP contribution is -2.27. The SMILES string of the molecule is Cc1cc(NC(=O)CCNS(=O)(=O)c2cccs2)no1. The summed E-state index contributed by atoms with van der Waals surface area (Å²) in [6.07, 6.45) is 0.0104. The van der Waals surface area contributed by atoms with Gasteiger partial charge in [0, 0.05) is 19.0 Å². The van der Waals surface area contributed by atoms with Crippen molar-refractivity contribution in [1.82, 2.24) is 9.88 Å². The minimum atomic E-state index is -3.53. The molecule has 0 spiro atoms.